The Morgan fingerprint density at radius 3 is 2.29 bits per heavy atom. The van der Waals surface area contributed by atoms with Gasteiger partial charge in [0.25, 0.3) is 0 Å². The van der Waals surface area contributed by atoms with E-state index in [0.29, 0.717) is 0 Å². The van der Waals surface area contributed by atoms with E-state index in [9.17, 15) is 4.39 Å². The molecule has 0 bridgehead atoms. The summed E-state index contributed by atoms with van der Waals surface area (Å²) in [6, 6.07) is 7.36. The lowest BCUT2D eigenvalue weighted by Gasteiger charge is -2.26. The van der Waals surface area contributed by atoms with E-state index in [-0.39, 0.29) is 11.9 Å². The SMILES string of the molecule is C=C(C[Si](C)(C)OC(C)C)c1ccc(F)cc1. The van der Waals surface area contributed by atoms with Gasteiger partial charge >= 0.3 is 0 Å². The Morgan fingerprint density at radius 1 is 1.29 bits per heavy atom. The quantitative estimate of drug-likeness (QED) is 0.703. The third kappa shape index (κ3) is 4.83. The van der Waals surface area contributed by atoms with Crippen LogP contribution in [0.4, 0.5) is 4.39 Å². The van der Waals surface area contributed by atoms with Gasteiger partial charge in [0.15, 0.2) is 8.32 Å². The van der Waals surface area contributed by atoms with Crippen molar-refractivity contribution in [3.8, 4) is 0 Å². The first-order valence-corrected chi connectivity index (χ1v) is 9.03. The van der Waals surface area contributed by atoms with E-state index in [1.165, 1.54) is 12.1 Å². The molecule has 0 saturated carbocycles. The standard InChI is InChI=1S/C14H21FOSi/c1-11(2)16-17(4,5)10-12(3)13-6-8-14(15)9-7-13/h6-9,11H,3,10H2,1-2,4-5H3. The van der Waals surface area contributed by atoms with Gasteiger partial charge in [-0.2, -0.15) is 0 Å². The minimum atomic E-state index is -1.72. The summed E-state index contributed by atoms with van der Waals surface area (Å²) in [4.78, 5) is 0. The van der Waals surface area contributed by atoms with Gasteiger partial charge in [0.05, 0.1) is 0 Å². The number of benzene rings is 1. The summed E-state index contributed by atoms with van der Waals surface area (Å²) in [6.07, 6.45) is 0.248. The van der Waals surface area contributed by atoms with Crippen LogP contribution in [0.1, 0.15) is 19.4 Å². The van der Waals surface area contributed by atoms with Crippen LogP contribution < -0.4 is 0 Å². The highest BCUT2D eigenvalue weighted by atomic mass is 28.4. The number of hydrogen-bond acceptors (Lipinski definition) is 1. The molecular formula is C14H21FOSi. The second-order valence-corrected chi connectivity index (χ2v) is 9.32. The molecule has 0 aliphatic carbocycles. The van der Waals surface area contributed by atoms with Crippen molar-refractivity contribution in [2.24, 2.45) is 0 Å². The number of allylic oxidation sites excluding steroid dienone is 1. The van der Waals surface area contributed by atoms with Gasteiger partial charge in [0, 0.05) is 6.10 Å². The Balaban J connectivity index is 2.69. The number of halogens is 1. The molecule has 0 aliphatic rings. The van der Waals surface area contributed by atoms with Gasteiger partial charge in [-0.3, -0.25) is 0 Å². The van der Waals surface area contributed by atoms with Crippen LogP contribution in [0.15, 0.2) is 30.8 Å². The molecular weight excluding hydrogens is 231 g/mol. The monoisotopic (exact) mass is 252 g/mol. The van der Waals surface area contributed by atoms with E-state index in [2.05, 4.69) is 33.5 Å². The molecule has 0 amide bonds. The fourth-order valence-corrected chi connectivity index (χ4v) is 4.57. The van der Waals surface area contributed by atoms with Crippen molar-refractivity contribution in [2.45, 2.75) is 39.1 Å². The highest BCUT2D eigenvalue weighted by molar-refractivity contribution is 6.72. The smallest absolute Gasteiger partial charge is 0.191 e. The van der Waals surface area contributed by atoms with Crippen LogP contribution in [0.2, 0.25) is 19.1 Å². The third-order valence-electron chi connectivity index (χ3n) is 2.45. The summed E-state index contributed by atoms with van der Waals surface area (Å²) in [5.41, 5.74) is 2.03. The van der Waals surface area contributed by atoms with Crippen LogP contribution in [0.5, 0.6) is 0 Å². The molecule has 17 heavy (non-hydrogen) atoms. The van der Waals surface area contributed by atoms with Gasteiger partial charge in [-0.05, 0) is 56.3 Å². The Bertz CT molecular complexity index is 382. The zero-order valence-corrected chi connectivity index (χ0v) is 12.1. The van der Waals surface area contributed by atoms with Gasteiger partial charge in [-0.1, -0.05) is 18.7 Å². The molecule has 94 valence electrons. The lowest BCUT2D eigenvalue weighted by atomic mass is 10.1. The van der Waals surface area contributed by atoms with E-state index >= 15 is 0 Å². The highest BCUT2D eigenvalue weighted by Crippen LogP contribution is 2.25. The fraction of sp³-hybridized carbons (Fsp3) is 0.429. The van der Waals surface area contributed by atoms with Crippen molar-refractivity contribution < 1.29 is 8.82 Å². The Hall–Kier alpha value is -0.933. The molecule has 3 heteroatoms. The van der Waals surface area contributed by atoms with Crippen molar-refractivity contribution in [2.75, 3.05) is 0 Å². The van der Waals surface area contributed by atoms with Gasteiger partial charge in [0.2, 0.25) is 0 Å². The summed E-state index contributed by atoms with van der Waals surface area (Å²) >= 11 is 0. The highest BCUT2D eigenvalue weighted by Gasteiger charge is 2.25. The van der Waals surface area contributed by atoms with Crippen LogP contribution in [-0.2, 0) is 4.43 Å². The summed E-state index contributed by atoms with van der Waals surface area (Å²) in [5, 5.41) is 0. The summed E-state index contributed by atoms with van der Waals surface area (Å²) < 4.78 is 18.8. The largest absolute Gasteiger partial charge is 0.415 e. The van der Waals surface area contributed by atoms with Crippen molar-refractivity contribution in [1.29, 1.82) is 0 Å². The van der Waals surface area contributed by atoms with Crippen LogP contribution in [0.3, 0.4) is 0 Å². The van der Waals surface area contributed by atoms with E-state index in [4.69, 9.17) is 4.43 Å². The molecule has 0 unspecified atom stereocenters. The summed E-state index contributed by atoms with van der Waals surface area (Å²) in [7, 11) is -1.72. The molecule has 0 atom stereocenters. The maximum absolute atomic E-state index is 12.8. The van der Waals surface area contributed by atoms with Crippen molar-refractivity contribution >= 4 is 13.9 Å². The molecule has 0 N–H and O–H groups in total. The summed E-state index contributed by atoms with van der Waals surface area (Å²) in [5.74, 6) is -0.212. The van der Waals surface area contributed by atoms with Crippen molar-refractivity contribution in [3.63, 3.8) is 0 Å². The molecule has 0 spiro atoms. The molecule has 0 saturated heterocycles. The van der Waals surface area contributed by atoms with Crippen molar-refractivity contribution in [1.82, 2.24) is 0 Å². The summed E-state index contributed by atoms with van der Waals surface area (Å²) in [6.45, 7) is 12.5. The van der Waals surface area contributed by atoms with Crippen molar-refractivity contribution in [3.05, 3.63) is 42.2 Å². The number of rotatable bonds is 5. The molecule has 0 fully saturated rings. The molecule has 1 nitrogen and oxygen atoms in total. The van der Waals surface area contributed by atoms with E-state index in [1.54, 1.807) is 12.1 Å². The van der Waals surface area contributed by atoms with Crippen LogP contribution in [0, 0.1) is 5.82 Å². The minimum Gasteiger partial charge on any atom is -0.415 e. The topological polar surface area (TPSA) is 9.23 Å². The third-order valence-corrected chi connectivity index (χ3v) is 4.83. The first kappa shape index (κ1) is 14.1. The Labute approximate surface area is 104 Å². The Morgan fingerprint density at radius 2 is 1.82 bits per heavy atom. The van der Waals surface area contributed by atoms with Gasteiger partial charge < -0.3 is 4.43 Å². The maximum atomic E-state index is 12.8. The van der Waals surface area contributed by atoms with Crippen LogP contribution >= 0.6 is 0 Å². The lowest BCUT2D eigenvalue weighted by Crippen LogP contribution is -2.33. The van der Waals surface area contributed by atoms with Gasteiger partial charge in [0.1, 0.15) is 5.82 Å². The van der Waals surface area contributed by atoms with E-state index in [1.807, 2.05) is 0 Å². The predicted octanol–water partition coefficient (Wildman–Crippen LogP) is 4.47. The Kier molecular flexibility index (Phi) is 4.66. The van der Waals surface area contributed by atoms with E-state index in [0.717, 1.165) is 17.2 Å². The molecule has 0 aromatic heterocycles. The first-order valence-electron chi connectivity index (χ1n) is 5.92. The maximum Gasteiger partial charge on any atom is 0.191 e. The average Bonchev–Trinajstić information content (AvgIpc) is 2.15. The molecule has 0 radical (unpaired) electrons. The van der Waals surface area contributed by atoms with Crippen LogP contribution in [-0.4, -0.2) is 14.4 Å². The normalized spacial score (nSPS) is 11.9. The molecule has 1 aromatic rings. The van der Waals surface area contributed by atoms with Gasteiger partial charge in [-0.15, -0.1) is 0 Å². The predicted molar refractivity (Wildman–Crippen MR) is 73.9 cm³/mol. The minimum absolute atomic E-state index is 0.212. The zero-order chi connectivity index (χ0) is 13.1. The van der Waals surface area contributed by atoms with E-state index < -0.39 is 8.32 Å². The second-order valence-electron chi connectivity index (χ2n) is 5.21. The number of hydrogen-bond donors (Lipinski definition) is 0. The van der Waals surface area contributed by atoms with Crippen LogP contribution in [0.25, 0.3) is 5.57 Å². The fourth-order valence-electron chi connectivity index (χ4n) is 1.98. The molecule has 1 aromatic carbocycles. The van der Waals surface area contributed by atoms with Gasteiger partial charge in [-0.25, -0.2) is 4.39 Å². The molecule has 1 rings (SSSR count). The zero-order valence-electron chi connectivity index (χ0n) is 11.1. The molecule has 0 aliphatic heterocycles. The second kappa shape index (κ2) is 5.60. The molecule has 0 heterocycles. The average molecular weight is 252 g/mol. The first-order chi connectivity index (χ1) is 7.80. The lowest BCUT2D eigenvalue weighted by molar-refractivity contribution is 0.233.